The third kappa shape index (κ3) is 4.04. The van der Waals surface area contributed by atoms with Crippen molar-refractivity contribution in [3.05, 3.63) is 91.0 Å². The lowest BCUT2D eigenvalue weighted by Crippen LogP contribution is -2.28. The van der Waals surface area contributed by atoms with E-state index in [1.54, 1.807) is 34.5 Å². The molecule has 0 unspecified atom stereocenters. The molecule has 0 fully saturated rings. The van der Waals surface area contributed by atoms with Gasteiger partial charge in [0, 0.05) is 21.7 Å². The molecule has 0 aliphatic heterocycles. The predicted molar refractivity (Wildman–Crippen MR) is 137 cm³/mol. The summed E-state index contributed by atoms with van der Waals surface area (Å²) in [6.07, 6.45) is 0. The number of methoxy groups -OCH3 is 4. The maximum absolute atomic E-state index is 15.4. The Morgan fingerprint density at radius 2 is 1.06 bits per heavy atom. The minimum absolute atomic E-state index is 0.497. The monoisotopic (exact) mass is 474 g/mol. The molecule has 0 saturated carbocycles. The maximum atomic E-state index is 15.4. The van der Waals surface area contributed by atoms with Gasteiger partial charge in [-0.3, -0.25) is 0 Å². The summed E-state index contributed by atoms with van der Waals surface area (Å²) in [5.41, 5.74) is 1.33. The average molecular weight is 474 g/mol. The fraction of sp³-hybridized carbons (Fsp3) is 0.143. The largest absolute Gasteiger partial charge is 0.497 e. The lowest BCUT2D eigenvalue weighted by atomic mass is 10.0. The van der Waals surface area contributed by atoms with Gasteiger partial charge in [-0.25, -0.2) is 0 Å². The minimum atomic E-state index is -3.43. The molecular weight excluding hydrogens is 447 g/mol. The fourth-order valence-corrected chi connectivity index (χ4v) is 7.17. The second-order valence-corrected chi connectivity index (χ2v) is 10.2. The van der Waals surface area contributed by atoms with E-state index < -0.39 is 7.14 Å². The van der Waals surface area contributed by atoms with E-state index >= 15 is 4.57 Å². The van der Waals surface area contributed by atoms with Gasteiger partial charge in [0.2, 0.25) is 0 Å². The molecule has 4 aromatic rings. The third-order valence-electron chi connectivity index (χ3n) is 5.77. The first-order valence-electron chi connectivity index (χ1n) is 10.8. The van der Waals surface area contributed by atoms with Gasteiger partial charge in [-0.1, -0.05) is 60.7 Å². The zero-order valence-corrected chi connectivity index (χ0v) is 20.5. The molecule has 0 aromatic heterocycles. The van der Waals surface area contributed by atoms with Crippen LogP contribution in [0.2, 0.25) is 0 Å². The molecule has 34 heavy (non-hydrogen) atoms. The summed E-state index contributed by atoms with van der Waals surface area (Å²) in [6, 6.07) is 28.1. The molecule has 0 bridgehead atoms. The van der Waals surface area contributed by atoms with E-state index in [9.17, 15) is 0 Å². The molecule has 0 atom stereocenters. The Kier molecular flexibility index (Phi) is 6.95. The summed E-state index contributed by atoms with van der Waals surface area (Å²) in [6.45, 7) is 0. The van der Waals surface area contributed by atoms with E-state index in [1.165, 1.54) is 0 Å². The topological polar surface area (TPSA) is 54.0 Å². The summed E-state index contributed by atoms with van der Waals surface area (Å²) >= 11 is 0. The Morgan fingerprint density at radius 1 is 0.559 bits per heavy atom. The molecule has 6 heteroatoms. The van der Waals surface area contributed by atoms with Crippen LogP contribution in [-0.2, 0) is 4.57 Å². The second kappa shape index (κ2) is 10.1. The van der Waals surface area contributed by atoms with Crippen molar-refractivity contribution in [2.24, 2.45) is 0 Å². The van der Waals surface area contributed by atoms with Crippen molar-refractivity contribution >= 4 is 23.1 Å². The van der Waals surface area contributed by atoms with Gasteiger partial charge < -0.3 is 23.5 Å². The van der Waals surface area contributed by atoms with Gasteiger partial charge >= 0.3 is 0 Å². The Hall–Kier alpha value is -3.69. The van der Waals surface area contributed by atoms with E-state index in [0.717, 1.165) is 0 Å². The fourth-order valence-electron chi connectivity index (χ4n) is 4.15. The number of benzene rings is 4. The van der Waals surface area contributed by atoms with Gasteiger partial charge in [0.15, 0.2) is 7.14 Å². The molecular formula is C28H27O5P. The molecule has 4 aromatic carbocycles. The van der Waals surface area contributed by atoms with Crippen molar-refractivity contribution < 1.29 is 23.5 Å². The van der Waals surface area contributed by atoms with Crippen molar-refractivity contribution in [3.63, 3.8) is 0 Å². The predicted octanol–water partition coefficient (Wildman–Crippen LogP) is 5.03. The molecule has 4 rings (SSSR count). The van der Waals surface area contributed by atoms with Crippen LogP contribution in [0.4, 0.5) is 0 Å². The minimum Gasteiger partial charge on any atom is -0.497 e. The standard InChI is InChI=1S/C28H27O5P/c1-30-20-15-16-24(31-2)23(19-20)27-25(32-3)17-18-26(33-4)28(27)34(29,21-11-7-5-8-12-21)22-13-9-6-10-14-22/h5-19H,1-4H3. The van der Waals surface area contributed by atoms with Gasteiger partial charge in [0.25, 0.3) is 0 Å². The highest BCUT2D eigenvalue weighted by Crippen LogP contribution is 2.52. The van der Waals surface area contributed by atoms with Gasteiger partial charge in [-0.2, -0.15) is 0 Å². The summed E-state index contributed by atoms with van der Waals surface area (Å²) < 4.78 is 38.3. The van der Waals surface area contributed by atoms with Crippen LogP contribution in [0.15, 0.2) is 91.0 Å². The van der Waals surface area contributed by atoms with Gasteiger partial charge in [0.1, 0.15) is 23.0 Å². The van der Waals surface area contributed by atoms with Crippen LogP contribution in [0.5, 0.6) is 23.0 Å². The van der Waals surface area contributed by atoms with Crippen LogP contribution in [-0.4, -0.2) is 28.4 Å². The van der Waals surface area contributed by atoms with E-state index in [-0.39, 0.29) is 0 Å². The van der Waals surface area contributed by atoms with Gasteiger partial charge in [-0.05, 0) is 30.3 Å². The first-order valence-corrected chi connectivity index (χ1v) is 12.5. The molecule has 5 nitrogen and oxygen atoms in total. The summed E-state index contributed by atoms with van der Waals surface area (Å²) in [4.78, 5) is 0. The Morgan fingerprint density at radius 3 is 1.56 bits per heavy atom. The number of hydrogen-bond donors (Lipinski definition) is 0. The van der Waals surface area contributed by atoms with Gasteiger partial charge in [-0.15, -0.1) is 0 Å². The zero-order chi connectivity index (χ0) is 24.1. The van der Waals surface area contributed by atoms with E-state index in [4.69, 9.17) is 18.9 Å². The van der Waals surface area contributed by atoms with Crippen LogP contribution in [0.25, 0.3) is 11.1 Å². The molecule has 0 saturated heterocycles. The van der Waals surface area contributed by atoms with Crippen molar-refractivity contribution in [1.29, 1.82) is 0 Å². The molecule has 0 N–H and O–H groups in total. The van der Waals surface area contributed by atoms with Crippen LogP contribution < -0.4 is 34.9 Å². The van der Waals surface area contributed by atoms with E-state index in [2.05, 4.69) is 0 Å². The van der Waals surface area contributed by atoms with Crippen LogP contribution >= 0.6 is 7.14 Å². The number of hydrogen-bond acceptors (Lipinski definition) is 5. The molecule has 0 heterocycles. The van der Waals surface area contributed by atoms with Crippen molar-refractivity contribution in [2.75, 3.05) is 28.4 Å². The van der Waals surface area contributed by atoms with Crippen molar-refractivity contribution in [3.8, 4) is 34.1 Å². The van der Waals surface area contributed by atoms with Crippen molar-refractivity contribution in [2.45, 2.75) is 0 Å². The highest BCUT2D eigenvalue weighted by molar-refractivity contribution is 7.85. The molecule has 0 radical (unpaired) electrons. The highest BCUT2D eigenvalue weighted by atomic mass is 31.2. The van der Waals surface area contributed by atoms with Gasteiger partial charge in [0.05, 0.1) is 33.7 Å². The first kappa shape index (κ1) is 23.5. The molecule has 0 aliphatic rings. The molecule has 0 aliphatic carbocycles. The van der Waals surface area contributed by atoms with Crippen LogP contribution in [0, 0.1) is 0 Å². The average Bonchev–Trinajstić information content (AvgIpc) is 2.92. The maximum Gasteiger partial charge on any atom is 0.175 e. The molecule has 0 amide bonds. The van der Waals surface area contributed by atoms with E-state index in [1.807, 2.05) is 84.9 Å². The lowest BCUT2D eigenvalue weighted by molar-refractivity contribution is 0.400. The van der Waals surface area contributed by atoms with E-state index in [0.29, 0.717) is 50.0 Å². The smallest absolute Gasteiger partial charge is 0.175 e. The van der Waals surface area contributed by atoms with Crippen LogP contribution in [0.1, 0.15) is 0 Å². The number of rotatable bonds is 8. The normalized spacial score (nSPS) is 11.1. The SMILES string of the molecule is COc1ccc(OC)c(-c2c(OC)ccc(OC)c2P(=O)(c2ccccc2)c2ccccc2)c1. The summed E-state index contributed by atoms with van der Waals surface area (Å²) in [5.74, 6) is 2.29. The Labute approximate surface area is 200 Å². The Balaban J connectivity index is 2.20. The lowest BCUT2D eigenvalue weighted by Gasteiger charge is -2.27. The Bertz CT molecular complexity index is 1280. The molecule has 0 spiro atoms. The highest BCUT2D eigenvalue weighted by Gasteiger charge is 2.37. The second-order valence-electron chi connectivity index (χ2n) is 7.54. The molecule has 174 valence electrons. The summed E-state index contributed by atoms with van der Waals surface area (Å²) in [7, 11) is 2.96. The first-order chi connectivity index (χ1) is 16.6. The third-order valence-corrected chi connectivity index (χ3v) is 8.90. The zero-order valence-electron chi connectivity index (χ0n) is 19.6. The van der Waals surface area contributed by atoms with Crippen LogP contribution in [0.3, 0.4) is 0 Å². The summed E-state index contributed by atoms with van der Waals surface area (Å²) in [5, 5.41) is 1.92. The number of ether oxygens (including phenoxy) is 4. The quantitative estimate of drug-likeness (QED) is 0.336. The van der Waals surface area contributed by atoms with Crippen molar-refractivity contribution in [1.82, 2.24) is 0 Å².